The predicted octanol–water partition coefficient (Wildman–Crippen LogP) is 5.88. The average Bonchev–Trinajstić information content (AvgIpc) is 3.03. The van der Waals surface area contributed by atoms with Gasteiger partial charge in [-0.3, -0.25) is 0 Å². The molecule has 6 nitrogen and oxygen atoms in total. The summed E-state index contributed by atoms with van der Waals surface area (Å²) in [6.45, 7) is 1.23. The summed E-state index contributed by atoms with van der Waals surface area (Å²) in [4.78, 5) is 12.4. The summed E-state index contributed by atoms with van der Waals surface area (Å²) in [5.74, 6) is 0. The molecule has 0 N–H and O–H groups in total. The van der Waals surface area contributed by atoms with Crippen LogP contribution >= 0.6 is 0 Å². The number of benzene rings is 4. The molecule has 40 heavy (non-hydrogen) atoms. The molecule has 0 bridgehead atoms. The third kappa shape index (κ3) is 7.72. The second-order valence-electron chi connectivity index (χ2n) is 9.69. The highest BCUT2D eigenvalue weighted by Gasteiger charge is 2.49. The van der Waals surface area contributed by atoms with Crippen LogP contribution in [0.25, 0.3) is 0 Å². The first-order valence-corrected chi connectivity index (χ1v) is 13.5. The maximum absolute atomic E-state index is 12.4. The van der Waals surface area contributed by atoms with E-state index in [1.165, 1.54) is 0 Å². The van der Waals surface area contributed by atoms with Crippen molar-refractivity contribution in [3.05, 3.63) is 144 Å². The Morgan fingerprint density at radius 2 is 0.825 bits per heavy atom. The van der Waals surface area contributed by atoms with E-state index in [2.05, 4.69) is 0 Å². The van der Waals surface area contributed by atoms with Crippen molar-refractivity contribution in [2.24, 2.45) is 0 Å². The molecule has 0 aromatic heterocycles. The Balaban J connectivity index is 1.41. The van der Waals surface area contributed by atoms with Crippen molar-refractivity contribution in [1.29, 1.82) is 0 Å². The normalized spacial score (nSPS) is 22.6. The van der Waals surface area contributed by atoms with E-state index in [-0.39, 0.29) is 0 Å². The van der Waals surface area contributed by atoms with Gasteiger partial charge in [0.2, 0.25) is 0 Å². The monoisotopic (exact) mass is 538 g/mol. The van der Waals surface area contributed by atoms with Crippen molar-refractivity contribution >= 4 is 6.29 Å². The minimum atomic E-state index is -0.901. The van der Waals surface area contributed by atoms with Crippen molar-refractivity contribution in [2.45, 2.75) is 57.1 Å². The number of hydrogen-bond acceptors (Lipinski definition) is 6. The minimum absolute atomic E-state index is 0.295. The van der Waals surface area contributed by atoms with Gasteiger partial charge in [-0.25, -0.2) is 0 Å². The zero-order chi connectivity index (χ0) is 27.4. The molecule has 5 atom stereocenters. The molecule has 1 aliphatic rings. The van der Waals surface area contributed by atoms with Gasteiger partial charge in [-0.15, -0.1) is 0 Å². The third-order valence-electron chi connectivity index (χ3n) is 6.78. The summed E-state index contributed by atoms with van der Waals surface area (Å²) in [6, 6.07) is 39.5. The number of hydrogen-bond donors (Lipinski definition) is 0. The topological polar surface area (TPSA) is 63.2 Å². The van der Waals surface area contributed by atoms with E-state index >= 15 is 0 Å². The quantitative estimate of drug-likeness (QED) is 0.198. The van der Waals surface area contributed by atoms with E-state index in [9.17, 15) is 4.79 Å². The van der Waals surface area contributed by atoms with Crippen molar-refractivity contribution in [3.63, 3.8) is 0 Å². The molecule has 206 valence electrons. The highest BCUT2D eigenvalue weighted by molar-refractivity contribution is 5.57. The molecule has 0 aliphatic carbocycles. The fourth-order valence-corrected chi connectivity index (χ4v) is 4.69. The van der Waals surface area contributed by atoms with Crippen LogP contribution in [0.2, 0.25) is 0 Å². The van der Waals surface area contributed by atoms with Crippen molar-refractivity contribution in [3.8, 4) is 0 Å². The van der Waals surface area contributed by atoms with E-state index < -0.39 is 30.7 Å². The molecule has 5 rings (SSSR count). The Morgan fingerprint density at radius 1 is 0.475 bits per heavy atom. The van der Waals surface area contributed by atoms with E-state index in [1.54, 1.807) is 0 Å². The number of aldehydes is 1. The van der Waals surface area contributed by atoms with Gasteiger partial charge < -0.3 is 28.5 Å². The number of rotatable bonds is 13. The summed E-state index contributed by atoms with van der Waals surface area (Å²) in [6.07, 6.45) is -3.00. The molecule has 0 amide bonds. The van der Waals surface area contributed by atoms with Crippen LogP contribution in [0.4, 0.5) is 0 Å². The lowest BCUT2D eigenvalue weighted by Gasteiger charge is -2.44. The second-order valence-corrected chi connectivity index (χ2v) is 9.69. The van der Waals surface area contributed by atoms with Crippen LogP contribution in [0.3, 0.4) is 0 Å². The summed E-state index contributed by atoms with van der Waals surface area (Å²) in [5.41, 5.74) is 3.98. The molecule has 4 aromatic carbocycles. The zero-order valence-electron chi connectivity index (χ0n) is 22.3. The summed E-state index contributed by atoms with van der Waals surface area (Å²) >= 11 is 0. The van der Waals surface area contributed by atoms with E-state index in [4.69, 9.17) is 23.7 Å². The van der Waals surface area contributed by atoms with Gasteiger partial charge in [0.05, 0.1) is 26.4 Å². The van der Waals surface area contributed by atoms with Gasteiger partial charge in [-0.2, -0.15) is 0 Å². The standard InChI is InChI=1S/C34H34O6/c35-21-30-31(36-22-26-13-5-1-6-14-26)32(37-23-27-15-7-2-8-16-27)33(38-24-28-17-9-3-10-18-28)34(40-30)39-25-29-19-11-4-12-20-29/h1-21,30-34H,22-25H2/t30-,31-,32+,33+,34+/m1/s1. The second kappa shape index (κ2) is 14.7. The molecule has 0 unspecified atom stereocenters. The van der Waals surface area contributed by atoms with Crippen LogP contribution in [-0.4, -0.2) is 37.0 Å². The van der Waals surface area contributed by atoms with Crippen LogP contribution in [0.1, 0.15) is 22.3 Å². The lowest BCUT2D eigenvalue weighted by molar-refractivity contribution is -0.317. The maximum Gasteiger partial charge on any atom is 0.187 e. The SMILES string of the molecule is O=C[C@H]1O[C@H](OCc2ccccc2)[C@@H](OCc2ccccc2)[C@@H](OCc2ccccc2)[C@@H]1OCc1ccccc1. The first-order chi connectivity index (χ1) is 19.8. The van der Waals surface area contributed by atoms with Gasteiger partial charge in [0.1, 0.15) is 24.4 Å². The molecular formula is C34H34O6. The first-order valence-electron chi connectivity index (χ1n) is 13.5. The number of ether oxygens (including phenoxy) is 5. The molecule has 0 radical (unpaired) electrons. The molecule has 6 heteroatoms. The van der Waals surface area contributed by atoms with Gasteiger partial charge in [-0.05, 0) is 22.3 Å². The third-order valence-corrected chi connectivity index (χ3v) is 6.78. The fraction of sp³-hybridized carbons (Fsp3) is 0.265. The molecule has 1 heterocycles. The summed E-state index contributed by atoms with van der Waals surface area (Å²) in [5, 5.41) is 0. The van der Waals surface area contributed by atoms with E-state index in [1.807, 2.05) is 121 Å². The van der Waals surface area contributed by atoms with Crippen molar-refractivity contribution < 1.29 is 28.5 Å². The summed E-state index contributed by atoms with van der Waals surface area (Å²) < 4.78 is 31.8. The Kier molecular flexibility index (Phi) is 10.2. The van der Waals surface area contributed by atoms with Crippen LogP contribution in [0, 0.1) is 0 Å². The maximum atomic E-state index is 12.4. The van der Waals surface area contributed by atoms with Gasteiger partial charge in [0, 0.05) is 0 Å². The average molecular weight is 539 g/mol. The van der Waals surface area contributed by atoms with E-state index in [0.29, 0.717) is 26.4 Å². The van der Waals surface area contributed by atoms with Gasteiger partial charge >= 0.3 is 0 Å². The highest BCUT2D eigenvalue weighted by Crippen LogP contribution is 2.31. The molecule has 0 spiro atoms. The molecule has 4 aromatic rings. The van der Waals surface area contributed by atoms with Gasteiger partial charge in [0.15, 0.2) is 12.6 Å². The Morgan fingerprint density at radius 3 is 1.23 bits per heavy atom. The minimum Gasteiger partial charge on any atom is -0.368 e. The zero-order valence-corrected chi connectivity index (χ0v) is 22.3. The molecular weight excluding hydrogens is 504 g/mol. The molecule has 1 aliphatic heterocycles. The van der Waals surface area contributed by atoms with Crippen LogP contribution < -0.4 is 0 Å². The first kappa shape index (κ1) is 27.9. The Labute approximate surface area is 235 Å². The fourth-order valence-electron chi connectivity index (χ4n) is 4.69. The van der Waals surface area contributed by atoms with Crippen LogP contribution in [-0.2, 0) is 54.9 Å². The smallest absolute Gasteiger partial charge is 0.187 e. The molecule has 1 saturated heterocycles. The number of carbonyl (C=O) groups is 1. The van der Waals surface area contributed by atoms with Crippen LogP contribution in [0.5, 0.6) is 0 Å². The lowest BCUT2D eigenvalue weighted by Crippen LogP contribution is -2.61. The summed E-state index contributed by atoms with van der Waals surface area (Å²) in [7, 11) is 0. The van der Waals surface area contributed by atoms with Crippen molar-refractivity contribution in [2.75, 3.05) is 0 Å². The van der Waals surface area contributed by atoms with Gasteiger partial charge in [0.25, 0.3) is 0 Å². The van der Waals surface area contributed by atoms with E-state index in [0.717, 1.165) is 28.5 Å². The number of carbonyl (C=O) groups excluding carboxylic acids is 1. The van der Waals surface area contributed by atoms with Gasteiger partial charge in [-0.1, -0.05) is 121 Å². The molecule has 0 saturated carbocycles. The molecule has 1 fully saturated rings. The predicted molar refractivity (Wildman–Crippen MR) is 151 cm³/mol. The Hall–Kier alpha value is -3.65. The van der Waals surface area contributed by atoms with Crippen molar-refractivity contribution in [1.82, 2.24) is 0 Å². The Bertz CT molecular complexity index is 1270. The lowest BCUT2D eigenvalue weighted by atomic mass is 9.98. The largest absolute Gasteiger partial charge is 0.368 e. The highest BCUT2D eigenvalue weighted by atomic mass is 16.7. The van der Waals surface area contributed by atoms with Crippen LogP contribution in [0.15, 0.2) is 121 Å².